The van der Waals surface area contributed by atoms with Crippen LogP contribution in [0.5, 0.6) is 5.75 Å². The maximum absolute atomic E-state index is 6.06. The summed E-state index contributed by atoms with van der Waals surface area (Å²) >= 11 is 11.9. The summed E-state index contributed by atoms with van der Waals surface area (Å²) in [6.45, 7) is 1.53. The standard InChI is InChI=1S/C12H14Cl2O2/c13-8-10-11(14)2-1-3-12(10)16-9-4-6-15-7-5-9/h1-3,9H,4-8H2. The lowest BCUT2D eigenvalue weighted by Crippen LogP contribution is -2.26. The van der Waals surface area contributed by atoms with Crippen molar-refractivity contribution in [2.75, 3.05) is 13.2 Å². The van der Waals surface area contributed by atoms with Gasteiger partial charge in [-0.3, -0.25) is 0 Å². The van der Waals surface area contributed by atoms with E-state index in [-0.39, 0.29) is 6.10 Å². The third-order valence-electron chi connectivity index (χ3n) is 2.67. The van der Waals surface area contributed by atoms with E-state index in [9.17, 15) is 0 Å². The maximum atomic E-state index is 6.06. The molecule has 1 aromatic carbocycles. The fraction of sp³-hybridized carbons (Fsp3) is 0.500. The summed E-state index contributed by atoms with van der Waals surface area (Å²) in [7, 11) is 0. The number of hydrogen-bond donors (Lipinski definition) is 0. The molecule has 16 heavy (non-hydrogen) atoms. The third kappa shape index (κ3) is 2.82. The number of hydrogen-bond acceptors (Lipinski definition) is 2. The topological polar surface area (TPSA) is 18.5 Å². The van der Waals surface area contributed by atoms with Crippen LogP contribution in [-0.2, 0) is 10.6 Å². The zero-order valence-corrected chi connectivity index (χ0v) is 10.4. The average molecular weight is 261 g/mol. The Bertz CT molecular complexity index is 349. The van der Waals surface area contributed by atoms with E-state index in [1.807, 2.05) is 18.2 Å². The van der Waals surface area contributed by atoms with Crippen LogP contribution < -0.4 is 4.74 Å². The van der Waals surface area contributed by atoms with Gasteiger partial charge in [0.05, 0.1) is 19.1 Å². The van der Waals surface area contributed by atoms with E-state index >= 15 is 0 Å². The number of alkyl halides is 1. The molecule has 4 heteroatoms. The molecule has 2 nitrogen and oxygen atoms in total. The summed E-state index contributed by atoms with van der Waals surface area (Å²) < 4.78 is 11.2. The smallest absolute Gasteiger partial charge is 0.125 e. The number of rotatable bonds is 3. The number of ether oxygens (including phenoxy) is 2. The lowest BCUT2D eigenvalue weighted by molar-refractivity contribution is 0.0253. The summed E-state index contributed by atoms with van der Waals surface area (Å²) in [6, 6.07) is 5.63. The number of benzene rings is 1. The summed E-state index contributed by atoms with van der Waals surface area (Å²) in [6.07, 6.45) is 2.07. The van der Waals surface area contributed by atoms with E-state index in [0.717, 1.165) is 37.4 Å². The fourth-order valence-electron chi connectivity index (χ4n) is 1.75. The van der Waals surface area contributed by atoms with Crippen molar-refractivity contribution in [1.82, 2.24) is 0 Å². The summed E-state index contributed by atoms with van der Waals surface area (Å²) in [4.78, 5) is 0. The van der Waals surface area contributed by atoms with E-state index in [0.29, 0.717) is 10.9 Å². The second kappa shape index (κ2) is 5.76. The van der Waals surface area contributed by atoms with Gasteiger partial charge in [0.25, 0.3) is 0 Å². The van der Waals surface area contributed by atoms with Crippen LogP contribution in [0.4, 0.5) is 0 Å². The Balaban J connectivity index is 2.10. The average Bonchev–Trinajstić information content (AvgIpc) is 2.31. The Labute approximate surface area is 105 Å². The van der Waals surface area contributed by atoms with Crippen molar-refractivity contribution in [3.8, 4) is 5.75 Å². The van der Waals surface area contributed by atoms with Crippen molar-refractivity contribution in [2.24, 2.45) is 0 Å². The molecule has 88 valence electrons. The molecule has 0 aliphatic carbocycles. The Hall–Kier alpha value is -0.440. The van der Waals surface area contributed by atoms with E-state index in [2.05, 4.69) is 0 Å². The zero-order chi connectivity index (χ0) is 11.4. The minimum atomic E-state index is 0.217. The molecule has 0 atom stereocenters. The molecule has 1 saturated heterocycles. The van der Waals surface area contributed by atoms with Crippen LogP contribution in [0.3, 0.4) is 0 Å². The molecule has 0 aromatic heterocycles. The second-order valence-electron chi connectivity index (χ2n) is 3.78. The highest BCUT2D eigenvalue weighted by atomic mass is 35.5. The summed E-state index contributed by atoms with van der Waals surface area (Å²) in [5.41, 5.74) is 0.873. The van der Waals surface area contributed by atoms with Crippen molar-refractivity contribution in [3.05, 3.63) is 28.8 Å². The Kier molecular flexibility index (Phi) is 4.33. The largest absolute Gasteiger partial charge is 0.490 e. The maximum Gasteiger partial charge on any atom is 0.125 e. The van der Waals surface area contributed by atoms with E-state index in [1.165, 1.54) is 0 Å². The Morgan fingerprint density at radius 3 is 2.75 bits per heavy atom. The lowest BCUT2D eigenvalue weighted by atomic mass is 10.1. The summed E-state index contributed by atoms with van der Waals surface area (Å²) in [5, 5.41) is 0.666. The predicted molar refractivity (Wildman–Crippen MR) is 65.5 cm³/mol. The van der Waals surface area contributed by atoms with Crippen LogP contribution in [0.25, 0.3) is 0 Å². The minimum Gasteiger partial charge on any atom is -0.490 e. The molecule has 1 fully saturated rings. The van der Waals surface area contributed by atoms with Gasteiger partial charge in [-0.2, -0.15) is 0 Å². The molecule has 1 aliphatic heterocycles. The number of halogens is 2. The molecule has 0 amide bonds. The first-order chi connectivity index (χ1) is 7.81. The molecule has 0 bridgehead atoms. The van der Waals surface area contributed by atoms with Gasteiger partial charge < -0.3 is 9.47 Å². The van der Waals surface area contributed by atoms with Crippen molar-refractivity contribution in [1.29, 1.82) is 0 Å². The van der Waals surface area contributed by atoms with Gasteiger partial charge in [0.2, 0.25) is 0 Å². The van der Waals surface area contributed by atoms with Crippen LogP contribution in [0.1, 0.15) is 18.4 Å². The van der Waals surface area contributed by atoms with Gasteiger partial charge >= 0.3 is 0 Å². The predicted octanol–water partition coefficient (Wildman–Crippen LogP) is 3.64. The third-order valence-corrected chi connectivity index (χ3v) is 3.29. The van der Waals surface area contributed by atoms with Gasteiger partial charge in [-0.1, -0.05) is 17.7 Å². The highest BCUT2D eigenvalue weighted by Gasteiger charge is 2.17. The van der Waals surface area contributed by atoms with E-state index < -0.39 is 0 Å². The monoisotopic (exact) mass is 260 g/mol. The molecule has 0 N–H and O–H groups in total. The first-order valence-corrected chi connectivity index (χ1v) is 6.30. The van der Waals surface area contributed by atoms with Gasteiger partial charge in [-0.05, 0) is 12.1 Å². The Morgan fingerprint density at radius 1 is 1.31 bits per heavy atom. The van der Waals surface area contributed by atoms with Crippen LogP contribution in [0.2, 0.25) is 5.02 Å². The van der Waals surface area contributed by atoms with Gasteiger partial charge in [-0.15, -0.1) is 11.6 Å². The van der Waals surface area contributed by atoms with E-state index in [1.54, 1.807) is 0 Å². The molecular weight excluding hydrogens is 247 g/mol. The highest BCUT2D eigenvalue weighted by molar-refractivity contribution is 6.32. The van der Waals surface area contributed by atoms with Crippen molar-refractivity contribution in [3.63, 3.8) is 0 Å². The van der Waals surface area contributed by atoms with Crippen LogP contribution in [-0.4, -0.2) is 19.3 Å². The molecule has 2 rings (SSSR count). The van der Waals surface area contributed by atoms with Gasteiger partial charge in [0.1, 0.15) is 11.9 Å². The summed E-state index contributed by atoms with van der Waals surface area (Å²) in [5.74, 6) is 1.17. The Morgan fingerprint density at radius 2 is 2.06 bits per heavy atom. The lowest BCUT2D eigenvalue weighted by Gasteiger charge is -2.24. The molecular formula is C12H14Cl2O2. The van der Waals surface area contributed by atoms with E-state index in [4.69, 9.17) is 32.7 Å². The van der Waals surface area contributed by atoms with Gasteiger partial charge in [0, 0.05) is 23.4 Å². The molecule has 1 aromatic rings. The zero-order valence-electron chi connectivity index (χ0n) is 8.92. The molecule has 1 aliphatic rings. The van der Waals surface area contributed by atoms with Crippen molar-refractivity contribution in [2.45, 2.75) is 24.8 Å². The molecule has 0 unspecified atom stereocenters. The van der Waals surface area contributed by atoms with Crippen LogP contribution in [0, 0.1) is 0 Å². The molecule has 0 saturated carbocycles. The molecule has 0 spiro atoms. The van der Waals surface area contributed by atoms with Crippen molar-refractivity contribution < 1.29 is 9.47 Å². The quantitative estimate of drug-likeness (QED) is 0.773. The minimum absolute atomic E-state index is 0.217. The first-order valence-electron chi connectivity index (χ1n) is 5.39. The fourth-order valence-corrected chi connectivity index (χ4v) is 2.33. The van der Waals surface area contributed by atoms with Gasteiger partial charge in [0.15, 0.2) is 0 Å². The van der Waals surface area contributed by atoms with Crippen LogP contribution in [0.15, 0.2) is 18.2 Å². The molecule has 1 heterocycles. The second-order valence-corrected chi connectivity index (χ2v) is 4.45. The first kappa shape index (κ1) is 12.0. The van der Waals surface area contributed by atoms with Crippen molar-refractivity contribution >= 4 is 23.2 Å². The molecule has 0 radical (unpaired) electrons. The van der Waals surface area contributed by atoms with Gasteiger partial charge in [-0.25, -0.2) is 0 Å². The SMILES string of the molecule is ClCc1c(Cl)cccc1OC1CCOCC1. The van der Waals surface area contributed by atoms with Crippen LogP contribution >= 0.6 is 23.2 Å². The highest BCUT2D eigenvalue weighted by Crippen LogP contribution is 2.29. The normalized spacial score (nSPS) is 17.4.